The summed E-state index contributed by atoms with van der Waals surface area (Å²) in [7, 11) is 1.66. The predicted octanol–water partition coefficient (Wildman–Crippen LogP) is 4.08. The second-order valence-corrected chi connectivity index (χ2v) is 4.50. The van der Waals surface area contributed by atoms with Crippen LogP contribution in [0.1, 0.15) is 21.9 Å². The molecule has 0 aliphatic carbocycles. The largest absolute Gasteiger partial charge is 0.497 e. The van der Waals surface area contributed by atoms with E-state index in [0.717, 1.165) is 22.8 Å². The maximum atomic E-state index is 5.58. The van der Waals surface area contributed by atoms with E-state index in [4.69, 9.17) is 9.15 Å². The van der Waals surface area contributed by atoms with Gasteiger partial charge in [-0.25, -0.2) is 0 Å². The van der Waals surface area contributed by atoms with Gasteiger partial charge in [-0.05, 0) is 36.8 Å². The molecular weight excluding hydrogens is 268 g/mol. The van der Waals surface area contributed by atoms with E-state index in [1.54, 1.807) is 7.11 Å². The number of benzene rings is 1. The van der Waals surface area contributed by atoms with Gasteiger partial charge in [0.05, 0.1) is 11.9 Å². The lowest BCUT2D eigenvalue weighted by Crippen LogP contribution is -1.91. The highest BCUT2D eigenvalue weighted by Gasteiger charge is 2.13. The lowest BCUT2D eigenvalue weighted by molar-refractivity contribution is 0.414. The smallest absolute Gasteiger partial charge is 0.122 e. The van der Waals surface area contributed by atoms with Crippen molar-refractivity contribution in [2.45, 2.75) is 11.8 Å². The van der Waals surface area contributed by atoms with Crippen molar-refractivity contribution in [3.63, 3.8) is 0 Å². The fourth-order valence-corrected chi connectivity index (χ4v) is 2.08. The van der Waals surface area contributed by atoms with Gasteiger partial charge in [0.1, 0.15) is 17.3 Å². The summed E-state index contributed by atoms with van der Waals surface area (Å²) in [6.07, 6.45) is 0. The van der Waals surface area contributed by atoms with Crippen molar-refractivity contribution in [2.75, 3.05) is 7.11 Å². The van der Waals surface area contributed by atoms with E-state index in [1.807, 2.05) is 43.3 Å². The first-order valence-electron chi connectivity index (χ1n) is 5.05. The van der Waals surface area contributed by atoms with Gasteiger partial charge in [-0.3, -0.25) is 0 Å². The Bertz CT molecular complexity index is 459. The summed E-state index contributed by atoms with van der Waals surface area (Å²) in [6, 6.07) is 11.9. The maximum absolute atomic E-state index is 5.58. The molecule has 2 nitrogen and oxygen atoms in total. The molecule has 0 saturated carbocycles. The maximum Gasteiger partial charge on any atom is 0.122 e. The van der Waals surface area contributed by atoms with Crippen LogP contribution in [0.3, 0.4) is 0 Å². The Kier molecular flexibility index (Phi) is 3.34. The molecule has 1 atom stereocenters. The van der Waals surface area contributed by atoms with Crippen LogP contribution in [0.5, 0.6) is 5.75 Å². The Hall–Kier alpha value is -1.22. The summed E-state index contributed by atoms with van der Waals surface area (Å²) in [5, 5.41) is 0. The fourth-order valence-electron chi connectivity index (χ4n) is 1.53. The molecular formula is C13H13BrO2. The number of hydrogen-bond acceptors (Lipinski definition) is 2. The minimum absolute atomic E-state index is 0.0899. The monoisotopic (exact) mass is 280 g/mol. The molecule has 0 bridgehead atoms. The van der Waals surface area contributed by atoms with Gasteiger partial charge in [-0.15, -0.1) is 0 Å². The molecule has 0 saturated heterocycles. The summed E-state index contributed by atoms with van der Waals surface area (Å²) in [5.74, 6) is 2.70. The topological polar surface area (TPSA) is 22.4 Å². The summed E-state index contributed by atoms with van der Waals surface area (Å²) in [5.41, 5.74) is 1.15. The normalized spacial score (nSPS) is 12.4. The third-order valence-electron chi connectivity index (χ3n) is 2.42. The van der Waals surface area contributed by atoms with Crippen LogP contribution in [0.25, 0.3) is 0 Å². The molecule has 16 heavy (non-hydrogen) atoms. The summed E-state index contributed by atoms with van der Waals surface area (Å²) >= 11 is 3.62. The van der Waals surface area contributed by atoms with Crippen LogP contribution in [-0.2, 0) is 0 Å². The standard InChI is InChI=1S/C13H13BrO2/c1-9-3-8-12(16-9)13(14)10-4-6-11(15-2)7-5-10/h3-8,13H,1-2H3. The zero-order valence-electron chi connectivity index (χ0n) is 9.24. The molecule has 0 amide bonds. The second-order valence-electron chi connectivity index (χ2n) is 3.58. The van der Waals surface area contributed by atoms with Gasteiger partial charge in [0, 0.05) is 0 Å². The van der Waals surface area contributed by atoms with E-state index in [9.17, 15) is 0 Å². The van der Waals surface area contributed by atoms with E-state index in [2.05, 4.69) is 15.9 Å². The number of halogens is 1. The second kappa shape index (κ2) is 4.74. The number of ether oxygens (including phenoxy) is 1. The lowest BCUT2D eigenvalue weighted by Gasteiger charge is -2.08. The van der Waals surface area contributed by atoms with Crippen LogP contribution >= 0.6 is 15.9 Å². The van der Waals surface area contributed by atoms with Gasteiger partial charge in [0.15, 0.2) is 0 Å². The van der Waals surface area contributed by atoms with Gasteiger partial charge < -0.3 is 9.15 Å². The summed E-state index contributed by atoms with van der Waals surface area (Å²) < 4.78 is 10.7. The van der Waals surface area contributed by atoms with Crippen molar-refractivity contribution in [1.29, 1.82) is 0 Å². The van der Waals surface area contributed by atoms with Gasteiger partial charge in [-0.1, -0.05) is 28.1 Å². The molecule has 2 aromatic rings. The van der Waals surface area contributed by atoms with Crippen molar-refractivity contribution >= 4 is 15.9 Å². The van der Waals surface area contributed by atoms with Gasteiger partial charge in [0.2, 0.25) is 0 Å². The van der Waals surface area contributed by atoms with Crippen molar-refractivity contribution in [3.05, 3.63) is 53.5 Å². The molecule has 84 valence electrons. The molecule has 3 heteroatoms. The fraction of sp³-hybridized carbons (Fsp3) is 0.231. The van der Waals surface area contributed by atoms with Crippen LogP contribution in [0.15, 0.2) is 40.8 Å². The Balaban J connectivity index is 2.23. The molecule has 1 unspecified atom stereocenters. The lowest BCUT2D eigenvalue weighted by atomic mass is 10.1. The van der Waals surface area contributed by atoms with Crippen LogP contribution in [0.4, 0.5) is 0 Å². The van der Waals surface area contributed by atoms with Crippen LogP contribution in [0, 0.1) is 6.92 Å². The predicted molar refractivity (Wildman–Crippen MR) is 67.2 cm³/mol. The van der Waals surface area contributed by atoms with E-state index < -0.39 is 0 Å². The number of furan rings is 1. The van der Waals surface area contributed by atoms with Crippen LogP contribution in [-0.4, -0.2) is 7.11 Å². The van der Waals surface area contributed by atoms with Crippen LogP contribution < -0.4 is 4.74 Å². The highest BCUT2D eigenvalue weighted by molar-refractivity contribution is 9.09. The highest BCUT2D eigenvalue weighted by Crippen LogP contribution is 2.32. The quantitative estimate of drug-likeness (QED) is 0.791. The third-order valence-corrected chi connectivity index (χ3v) is 3.40. The first-order valence-corrected chi connectivity index (χ1v) is 5.96. The minimum atomic E-state index is 0.0899. The summed E-state index contributed by atoms with van der Waals surface area (Å²) in [6.45, 7) is 1.94. The number of alkyl halides is 1. The Morgan fingerprint density at radius 2 is 1.81 bits per heavy atom. The molecule has 1 heterocycles. The molecule has 0 radical (unpaired) electrons. The van der Waals surface area contributed by atoms with E-state index in [1.165, 1.54) is 0 Å². The van der Waals surface area contributed by atoms with Crippen molar-refractivity contribution in [3.8, 4) is 5.75 Å². The average Bonchev–Trinajstić information content (AvgIpc) is 2.75. The minimum Gasteiger partial charge on any atom is -0.497 e. The summed E-state index contributed by atoms with van der Waals surface area (Å²) in [4.78, 5) is 0.0899. The van der Waals surface area contributed by atoms with Crippen molar-refractivity contribution in [2.24, 2.45) is 0 Å². The number of methoxy groups -OCH3 is 1. The van der Waals surface area contributed by atoms with Crippen molar-refractivity contribution < 1.29 is 9.15 Å². The molecule has 1 aromatic carbocycles. The Morgan fingerprint density at radius 3 is 2.31 bits per heavy atom. The first kappa shape index (κ1) is 11.3. The van der Waals surface area contributed by atoms with Gasteiger partial charge in [0.25, 0.3) is 0 Å². The molecule has 0 spiro atoms. The van der Waals surface area contributed by atoms with E-state index in [0.29, 0.717) is 0 Å². The SMILES string of the molecule is COc1ccc(C(Br)c2ccc(C)o2)cc1. The molecule has 2 rings (SSSR count). The first-order chi connectivity index (χ1) is 7.70. The van der Waals surface area contributed by atoms with Gasteiger partial charge in [-0.2, -0.15) is 0 Å². The Morgan fingerprint density at radius 1 is 1.12 bits per heavy atom. The zero-order valence-corrected chi connectivity index (χ0v) is 10.8. The number of rotatable bonds is 3. The zero-order chi connectivity index (χ0) is 11.5. The van der Waals surface area contributed by atoms with E-state index >= 15 is 0 Å². The molecule has 0 aliphatic heterocycles. The Labute approximate surface area is 103 Å². The number of hydrogen-bond donors (Lipinski definition) is 0. The molecule has 0 aliphatic rings. The van der Waals surface area contributed by atoms with Crippen LogP contribution in [0.2, 0.25) is 0 Å². The molecule has 0 fully saturated rings. The average molecular weight is 281 g/mol. The highest BCUT2D eigenvalue weighted by atomic mass is 79.9. The number of aryl methyl sites for hydroxylation is 1. The van der Waals surface area contributed by atoms with E-state index in [-0.39, 0.29) is 4.83 Å². The molecule has 0 N–H and O–H groups in total. The van der Waals surface area contributed by atoms with Gasteiger partial charge >= 0.3 is 0 Å². The molecule has 1 aromatic heterocycles. The van der Waals surface area contributed by atoms with Crippen molar-refractivity contribution in [1.82, 2.24) is 0 Å². The third kappa shape index (κ3) is 2.30.